The highest BCUT2D eigenvalue weighted by Crippen LogP contribution is 2.34. The summed E-state index contributed by atoms with van der Waals surface area (Å²) < 4.78 is 61.9. The zero-order valence-corrected chi connectivity index (χ0v) is 11.0. The molecule has 0 aromatic heterocycles. The molecular formula is C12H13F3O3S. The van der Waals surface area contributed by atoms with Crippen molar-refractivity contribution in [1.82, 2.24) is 0 Å². The van der Waals surface area contributed by atoms with Crippen LogP contribution in [0.25, 0.3) is 0 Å². The van der Waals surface area contributed by atoms with Crippen LogP contribution in [-0.2, 0) is 20.8 Å². The summed E-state index contributed by atoms with van der Waals surface area (Å²) in [4.78, 5) is 9.99. The predicted octanol–water partition coefficient (Wildman–Crippen LogP) is 2.85. The summed E-state index contributed by atoms with van der Waals surface area (Å²) in [5, 5.41) is 0. The largest absolute Gasteiger partial charge is 0.417 e. The lowest BCUT2D eigenvalue weighted by molar-refractivity contribution is -0.139. The molecule has 0 atom stereocenters. The molecule has 19 heavy (non-hydrogen) atoms. The molecule has 0 bridgehead atoms. The fourth-order valence-electron chi connectivity index (χ4n) is 1.59. The van der Waals surface area contributed by atoms with Crippen LogP contribution in [0.2, 0.25) is 0 Å². The summed E-state index contributed by atoms with van der Waals surface area (Å²) >= 11 is 0. The Balaban J connectivity index is 3.05. The van der Waals surface area contributed by atoms with Crippen LogP contribution in [0, 0.1) is 0 Å². The molecule has 0 fully saturated rings. The van der Waals surface area contributed by atoms with Gasteiger partial charge in [0.05, 0.1) is 16.2 Å². The Kier molecular flexibility index (Phi) is 4.73. The molecule has 0 heterocycles. The standard InChI is InChI=1S/C12H13F3O3S/c1-9(16)5-4-8-19(17,18)11-7-3-2-6-10(11)12(13,14)15/h2-3,6-7H,4-5,8H2,1H3. The molecule has 3 nitrogen and oxygen atoms in total. The molecule has 0 N–H and O–H groups in total. The van der Waals surface area contributed by atoms with Crippen LogP contribution in [0.15, 0.2) is 29.2 Å². The number of benzene rings is 1. The monoisotopic (exact) mass is 294 g/mol. The van der Waals surface area contributed by atoms with Gasteiger partial charge in [0.25, 0.3) is 0 Å². The van der Waals surface area contributed by atoms with Gasteiger partial charge in [-0.25, -0.2) is 8.42 Å². The second kappa shape index (κ2) is 5.73. The van der Waals surface area contributed by atoms with E-state index in [1.807, 2.05) is 0 Å². The van der Waals surface area contributed by atoms with Crippen molar-refractivity contribution in [2.45, 2.75) is 30.8 Å². The molecule has 106 valence electrons. The van der Waals surface area contributed by atoms with Gasteiger partial charge in [-0.3, -0.25) is 0 Å². The molecule has 0 spiro atoms. The van der Waals surface area contributed by atoms with Gasteiger partial charge in [0.1, 0.15) is 5.78 Å². The first-order valence-electron chi connectivity index (χ1n) is 5.53. The van der Waals surface area contributed by atoms with Gasteiger partial charge in [-0.2, -0.15) is 13.2 Å². The molecule has 0 saturated carbocycles. The maximum absolute atomic E-state index is 12.7. The fraction of sp³-hybridized carbons (Fsp3) is 0.417. The zero-order chi connectivity index (χ0) is 14.7. The molecule has 0 saturated heterocycles. The Morgan fingerprint density at radius 3 is 2.32 bits per heavy atom. The van der Waals surface area contributed by atoms with Crippen molar-refractivity contribution < 1.29 is 26.4 Å². The molecule has 0 unspecified atom stereocenters. The molecule has 0 radical (unpaired) electrons. The Bertz CT molecular complexity index is 562. The molecular weight excluding hydrogens is 281 g/mol. The van der Waals surface area contributed by atoms with Crippen LogP contribution in [0.3, 0.4) is 0 Å². The van der Waals surface area contributed by atoms with Crippen molar-refractivity contribution in [2.24, 2.45) is 0 Å². The number of rotatable bonds is 5. The Hall–Kier alpha value is -1.37. The maximum atomic E-state index is 12.7. The van der Waals surface area contributed by atoms with Crippen LogP contribution in [0.4, 0.5) is 13.2 Å². The average Bonchev–Trinajstić information content (AvgIpc) is 2.27. The molecule has 1 aromatic rings. The van der Waals surface area contributed by atoms with E-state index in [1.54, 1.807) is 0 Å². The third-order valence-electron chi connectivity index (χ3n) is 2.47. The number of carbonyl (C=O) groups is 1. The van der Waals surface area contributed by atoms with E-state index in [0.717, 1.165) is 18.2 Å². The number of alkyl halides is 3. The van der Waals surface area contributed by atoms with Gasteiger partial charge in [-0.05, 0) is 25.5 Å². The summed E-state index contributed by atoms with van der Waals surface area (Å²) in [6.07, 6.45) is -4.67. The minimum atomic E-state index is -4.72. The average molecular weight is 294 g/mol. The number of hydrogen-bond donors (Lipinski definition) is 0. The van der Waals surface area contributed by atoms with E-state index < -0.39 is 32.2 Å². The predicted molar refractivity (Wildman–Crippen MR) is 63.4 cm³/mol. The van der Waals surface area contributed by atoms with Gasteiger partial charge >= 0.3 is 6.18 Å². The molecule has 1 aromatic carbocycles. The number of Topliss-reactive ketones (excluding diaryl/α,β-unsaturated/α-hetero) is 1. The van der Waals surface area contributed by atoms with Crippen molar-refractivity contribution in [1.29, 1.82) is 0 Å². The minimum absolute atomic E-state index is 0.0177. The van der Waals surface area contributed by atoms with E-state index in [1.165, 1.54) is 13.0 Å². The third-order valence-corrected chi connectivity index (χ3v) is 4.32. The van der Waals surface area contributed by atoms with Crippen LogP contribution >= 0.6 is 0 Å². The SMILES string of the molecule is CC(=O)CCCS(=O)(=O)c1ccccc1C(F)(F)F. The summed E-state index contributed by atoms with van der Waals surface area (Å²) in [7, 11) is -4.04. The summed E-state index contributed by atoms with van der Waals surface area (Å²) in [6, 6.07) is 4.05. The molecule has 7 heteroatoms. The quantitative estimate of drug-likeness (QED) is 0.839. The molecule has 0 aliphatic carbocycles. The Labute approximate surface area is 109 Å². The number of hydrogen-bond acceptors (Lipinski definition) is 3. The van der Waals surface area contributed by atoms with Gasteiger partial charge in [0.2, 0.25) is 0 Å². The highest BCUT2D eigenvalue weighted by atomic mass is 32.2. The Morgan fingerprint density at radius 2 is 1.79 bits per heavy atom. The molecule has 0 amide bonds. The van der Waals surface area contributed by atoms with E-state index in [9.17, 15) is 26.4 Å². The first-order chi connectivity index (χ1) is 8.64. The maximum Gasteiger partial charge on any atom is 0.417 e. The lowest BCUT2D eigenvalue weighted by atomic mass is 10.2. The lowest BCUT2D eigenvalue weighted by Gasteiger charge is -2.12. The molecule has 0 aliphatic rings. The van der Waals surface area contributed by atoms with Crippen molar-refractivity contribution in [3.8, 4) is 0 Å². The minimum Gasteiger partial charge on any atom is -0.300 e. The lowest BCUT2D eigenvalue weighted by Crippen LogP contribution is -2.15. The molecule has 0 aliphatic heterocycles. The van der Waals surface area contributed by atoms with Crippen LogP contribution in [0.5, 0.6) is 0 Å². The summed E-state index contributed by atoms with van der Waals surface area (Å²) in [5.74, 6) is -0.668. The first kappa shape index (κ1) is 15.7. The van der Waals surface area contributed by atoms with Gasteiger partial charge in [0.15, 0.2) is 9.84 Å². The first-order valence-corrected chi connectivity index (χ1v) is 7.18. The highest BCUT2D eigenvalue weighted by Gasteiger charge is 2.36. The van der Waals surface area contributed by atoms with Crippen LogP contribution in [-0.4, -0.2) is 20.0 Å². The fourth-order valence-corrected chi connectivity index (χ4v) is 3.14. The van der Waals surface area contributed by atoms with Crippen molar-refractivity contribution >= 4 is 15.6 Å². The smallest absolute Gasteiger partial charge is 0.300 e. The van der Waals surface area contributed by atoms with Crippen molar-refractivity contribution in [3.63, 3.8) is 0 Å². The molecule has 1 rings (SSSR count). The van der Waals surface area contributed by atoms with Gasteiger partial charge in [-0.15, -0.1) is 0 Å². The summed E-state index contributed by atoms with van der Waals surface area (Å²) in [6.45, 7) is 1.30. The highest BCUT2D eigenvalue weighted by molar-refractivity contribution is 7.91. The van der Waals surface area contributed by atoms with E-state index in [2.05, 4.69) is 0 Å². The van der Waals surface area contributed by atoms with Crippen molar-refractivity contribution in [2.75, 3.05) is 5.75 Å². The number of carbonyl (C=O) groups excluding carboxylic acids is 1. The van der Waals surface area contributed by atoms with Crippen molar-refractivity contribution in [3.05, 3.63) is 29.8 Å². The second-order valence-corrected chi connectivity index (χ2v) is 6.20. The van der Waals surface area contributed by atoms with Crippen LogP contribution in [0.1, 0.15) is 25.3 Å². The number of halogens is 3. The van der Waals surface area contributed by atoms with Crippen LogP contribution < -0.4 is 0 Å². The van der Waals surface area contributed by atoms with E-state index in [4.69, 9.17) is 0 Å². The van der Waals surface area contributed by atoms with Gasteiger partial charge < -0.3 is 4.79 Å². The normalized spacial score (nSPS) is 12.4. The second-order valence-electron chi connectivity index (χ2n) is 4.12. The third kappa shape index (κ3) is 4.34. The topological polar surface area (TPSA) is 51.2 Å². The van der Waals surface area contributed by atoms with E-state index >= 15 is 0 Å². The number of ketones is 1. The van der Waals surface area contributed by atoms with E-state index in [-0.39, 0.29) is 18.6 Å². The van der Waals surface area contributed by atoms with E-state index in [0.29, 0.717) is 0 Å². The van der Waals surface area contributed by atoms with Gasteiger partial charge in [0, 0.05) is 6.42 Å². The number of sulfone groups is 1. The zero-order valence-electron chi connectivity index (χ0n) is 10.2. The Morgan fingerprint density at radius 1 is 1.21 bits per heavy atom. The summed E-state index contributed by atoms with van der Waals surface area (Å²) in [5.41, 5.74) is -1.17. The van der Waals surface area contributed by atoms with Gasteiger partial charge in [-0.1, -0.05) is 12.1 Å².